The van der Waals surface area contributed by atoms with E-state index in [4.69, 9.17) is 5.73 Å². The highest BCUT2D eigenvalue weighted by Gasteiger charge is 2.32. The fourth-order valence-electron chi connectivity index (χ4n) is 3.23. The summed E-state index contributed by atoms with van der Waals surface area (Å²) in [6.45, 7) is 9.85. The average Bonchev–Trinajstić information content (AvgIpc) is 2.82. The quantitative estimate of drug-likeness (QED) is 0.926. The minimum absolute atomic E-state index is 0.201. The summed E-state index contributed by atoms with van der Waals surface area (Å²) in [4.78, 5) is 0.373. The Kier molecular flexibility index (Phi) is 4.80. The zero-order valence-corrected chi connectivity index (χ0v) is 14.2. The van der Waals surface area contributed by atoms with E-state index in [9.17, 15) is 8.42 Å². The summed E-state index contributed by atoms with van der Waals surface area (Å²) in [6.07, 6.45) is 2.82. The second-order valence-electron chi connectivity index (χ2n) is 6.64. The number of sulfonamides is 1. The lowest BCUT2D eigenvalue weighted by atomic mass is 9.94. The molecule has 1 aromatic rings. The van der Waals surface area contributed by atoms with Crippen LogP contribution in [0.1, 0.15) is 45.9 Å². The van der Waals surface area contributed by atoms with Gasteiger partial charge in [-0.3, -0.25) is 0 Å². The van der Waals surface area contributed by atoms with Crippen molar-refractivity contribution in [3.8, 4) is 0 Å². The Hall–Kier alpha value is -0.850. The predicted octanol–water partition coefficient (Wildman–Crippen LogP) is 2.19. The minimum Gasteiger partial charge on any atom is -0.346 e. The number of hydrogen-bond donors (Lipinski definition) is 1. The molecule has 5 nitrogen and oxygen atoms in total. The molecule has 2 rings (SSSR count). The van der Waals surface area contributed by atoms with E-state index in [0.717, 1.165) is 12.1 Å². The molecule has 120 valence electrons. The van der Waals surface area contributed by atoms with Gasteiger partial charge in [-0.2, -0.15) is 4.31 Å². The summed E-state index contributed by atoms with van der Waals surface area (Å²) >= 11 is 0. The standard InChI is InChI=1S/C15H27N3O2S/c1-11(2)18-10-15(6-14(18)7-16)21(19,20)17-8-12(3)5-13(4)9-17/h6,10-13H,5,7-9,16H2,1-4H3. The summed E-state index contributed by atoms with van der Waals surface area (Å²) in [5.41, 5.74) is 6.60. The molecule has 2 unspecified atom stereocenters. The van der Waals surface area contributed by atoms with Gasteiger partial charge in [-0.1, -0.05) is 13.8 Å². The van der Waals surface area contributed by atoms with Crippen LogP contribution < -0.4 is 5.73 Å². The number of hydrogen-bond acceptors (Lipinski definition) is 3. The molecule has 0 bridgehead atoms. The van der Waals surface area contributed by atoms with Gasteiger partial charge in [-0.25, -0.2) is 8.42 Å². The lowest BCUT2D eigenvalue weighted by molar-refractivity contribution is 0.222. The Bertz CT molecular complexity index is 582. The number of nitrogens with zero attached hydrogens (tertiary/aromatic N) is 2. The third kappa shape index (κ3) is 3.33. The van der Waals surface area contributed by atoms with Gasteiger partial charge in [0.15, 0.2) is 0 Å². The van der Waals surface area contributed by atoms with Crippen LogP contribution in [0.3, 0.4) is 0 Å². The summed E-state index contributed by atoms with van der Waals surface area (Å²) in [6, 6.07) is 1.92. The molecule has 1 saturated heterocycles. The maximum atomic E-state index is 12.9. The van der Waals surface area contributed by atoms with Gasteiger partial charge in [0, 0.05) is 37.6 Å². The molecule has 0 aromatic carbocycles. The van der Waals surface area contributed by atoms with Gasteiger partial charge in [-0.15, -0.1) is 0 Å². The third-order valence-electron chi connectivity index (χ3n) is 4.15. The van der Waals surface area contributed by atoms with Crippen LogP contribution in [0, 0.1) is 11.8 Å². The van der Waals surface area contributed by atoms with Crippen LogP contribution in [0.25, 0.3) is 0 Å². The Balaban J connectivity index is 2.35. The summed E-state index contributed by atoms with van der Waals surface area (Å²) in [5.74, 6) is 0.814. The molecule has 0 amide bonds. The third-order valence-corrected chi connectivity index (χ3v) is 5.94. The number of piperidine rings is 1. The van der Waals surface area contributed by atoms with Crippen LogP contribution >= 0.6 is 0 Å². The first-order valence-electron chi connectivity index (χ1n) is 7.66. The van der Waals surface area contributed by atoms with Gasteiger partial charge in [-0.05, 0) is 38.2 Å². The number of nitrogens with two attached hydrogens (primary N) is 1. The van der Waals surface area contributed by atoms with Crippen LogP contribution in [0.4, 0.5) is 0 Å². The zero-order valence-electron chi connectivity index (χ0n) is 13.4. The highest BCUT2D eigenvalue weighted by atomic mass is 32.2. The van der Waals surface area contributed by atoms with Crippen LogP contribution in [0.5, 0.6) is 0 Å². The molecular formula is C15H27N3O2S. The van der Waals surface area contributed by atoms with Crippen molar-refractivity contribution in [1.29, 1.82) is 0 Å². The van der Waals surface area contributed by atoms with Crippen molar-refractivity contribution in [3.63, 3.8) is 0 Å². The van der Waals surface area contributed by atoms with Crippen LogP contribution in [0.15, 0.2) is 17.2 Å². The summed E-state index contributed by atoms with van der Waals surface area (Å²) < 4.78 is 29.3. The van der Waals surface area contributed by atoms with E-state index in [1.54, 1.807) is 16.6 Å². The van der Waals surface area contributed by atoms with Crippen molar-refractivity contribution in [2.75, 3.05) is 13.1 Å². The average molecular weight is 313 g/mol. The molecule has 1 aliphatic rings. The highest BCUT2D eigenvalue weighted by Crippen LogP contribution is 2.28. The van der Waals surface area contributed by atoms with Crippen molar-refractivity contribution in [2.45, 2.75) is 51.6 Å². The minimum atomic E-state index is -3.42. The first kappa shape index (κ1) is 16.5. The maximum Gasteiger partial charge on any atom is 0.244 e. The molecule has 6 heteroatoms. The van der Waals surface area contributed by atoms with Crippen molar-refractivity contribution < 1.29 is 8.42 Å². The monoisotopic (exact) mass is 313 g/mol. The Labute approximate surface area is 128 Å². The Morgan fingerprint density at radius 2 is 1.86 bits per heavy atom. The molecule has 0 aliphatic carbocycles. The van der Waals surface area contributed by atoms with Crippen LogP contribution in [-0.2, 0) is 16.6 Å². The van der Waals surface area contributed by atoms with E-state index in [-0.39, 0.29) is 6.04 Å². The molecule has 0 radical (unpaired) electrons. The van der Waals surface area contributed by atoms with Crippen LogP contribution in [-0.4, -0.2) is 30.4 Å². The molecule has 2 heterocycles. The summed E-state index contributed by atoms with van der Waals surface area (Å²) in [5, 5.41) is 0. The van der Waals surface area contributed by atoms with E-state index in [1.165, 1.54) is 0 Å². The smallest absolute Gasteiger partial charge is 0.244 e. The largest absolute Gasteiger partial charge is 0.346 e. The fraction of sp³-hybridized carbons (Fsp3) is 0.733. The van der Waals surface area contributed by atoms with Crippen molar-refractivity contribution in [1.82, 2.24) is 8.87 Å². The van der Waals surface area contributed by atoms with E-state index in [0.29, 0.717) is 36.4 Å². The maximum absolute atomic E-state index is 12.9. The Morgan fingerprint density at radius 1 is 1.29 bits per heavy atom. The second kappa shape index (κ2) is 6.10. The van der Waals surface area contributed by atoms with Gasteiger partial charge in [0.2, 0.25) is 10.0 Å². The zero-order chi connectivity index (χ0) is 15.8. The molecule has 1 fully saturated rings. The predicted molar refractivity (Wildman–Crippen MR) is 84.4 cm³/mol. The summed E-state index contributed by atoms with van der Waals surface area (Å²) in [7, 11) is -3.42. The van der Waals surface area contributed by atoms with Crippen LogP contribution in [0.2, 0.25) is 0 Å². The van der Waals surface area contributed by atoms with E-state index in [2.05, 4.69) is 13.8 Å². The molecule has 1 aromatic heterocycles. The molecule has 1 aliphatic heterocycles. The first-order chi connectivity index (χ1) is 9.75. The topological polar surface area (TPSA) is 68.3 Å². The van der Waals surface area contributed by atoms with Crippen molar-refractivity contribution in [3.05, 3.63) is 18.0 Å². The van der Waals surface area contributed by atoms with E-state index < -0.39 is 10.0 Å². The molecule has 0 saturated carbocycles. The Morgan fingerprint density at radius 3 is 2.29 bits per heavy atom. The van der Waals surface area contributed by atoms with E-state index >= 15 is 0 Å². The number of aromatic nitrogens is 1. The van der Waals surface area contributed by atoms with E-state index in [1.807, 2.05) is 18.4 Å². The van der Waals surface area contributed by atoms with Gasteiger partial charge < -0.3 is 10.3 Å². The van der Waals surface area contributed by atoms with Crippen molar-refractivity contribution in [2.24, 2.45) is 17.6 Å². The first-order valence-corrected chi connectivity index (χ1v) is 9.10. The lowest BCUT2D eigenvalue weighted by Crippen LogP contribution is -2.42. The number of rotatable bonds is 4. The lowest BCUT2D eigenvalue weighted by Gasteiger charge is -2.33. The molecule has 21 heavy (non-hydrogen) atoms. The molecule has 0 spiro atoms. The van der Waals surface area contributed by atoms with Gasteiger partial charge in [0.1, 0.15) is 4.90 Å². The molecule has 2 atom stereocenters. The van der Waals surface area contributed by atoms with Gasteiger partial charge in [0.05, 0.1) is 0 Å². The van der Waals surface area contributed by atoms with Crippen molar-refractivity contribution >= 4 is 10.0 Å². The highest BCUT2D eigenvalue weighted by molar-refractivity contribution is 7.89. The van der Waals surface area contributed by atoms with Gasteiger partial charge in [0.25, 0.3) is 0 Å². The molecule has 2 N–H and O–H groups in total. The fourth-order valence-corrected chi connectivity index (χ4v) is 4.96. The molecular weight excluding hydrogens is 286 g/mol. The normalized spacial score (nSPS) is 24.7. The van der Waals surface area contributed by atoms with Gasteiger partial charge >= 0.3 is 0 Å². The second-order valence-corrected chi connectivity index (χ2v) is 8.58. The SMILES string of the molecule is CC1CC(C)CN(S(=O)(=O)c2cc(CN)n(C(C)C)c2)C1.